The van der Waals surface area contributed by atoms with Crippen LogP contribution in [0.4, 0.5) is 11.4 Å². The molecular formula is C23H22N2O5. The highest BCUT2D eigenvalue weighted by molar-refractivity contribution is 6.00. The fourth-order valence-electron chi connectivity index (χ4n) is 4.46. The average molecular weight is 406 g/mol. The molecule has 0 heterocycles. The highest BCUT2D eigenvalue weighted by Crippen LogP contribution is 2.48. The number of hydrogen-bond acceptors (Lipinski definition) is 4. The molecule has 2 aromatic carbocycles. The standard InChI is InChI=1S/C23H22N2O5/c26-21(19-14-6-7-15(10-14)20(19)23(29)30)25-18-11-16(22(27)28)8-9-17(18)24-12-13-4-2-1-3-5-13/h1-9,11,14-15,19-20,24H,10,12H2,(H,25,26)(H,27,28)(H,29,30)/t14-,15-,19+,20+/m0/s1. The first-order chi connectivity index (χ1) is 14.4. The molecule has 0 radical (unpaired) electrons. The molecule has 0 aromatic heterocycles. The van der Waals surface area contributed by atoms with Gasteiger partial charge in [0.1, 0.15) is 0 Å². The Bertz CT molecular complexity index is 1020. The summed E-state index contributed by atoms with van der Waals surface area (Å²) >= 11 is 0. The minimum atomic E-state index is -1.11. The van der Waals surface area contributed by atoms with E-state index in [-0.39, 0.29) is 17.4 Å². The van der Waals surface area contributed by atoms with E-state index in [4.69, 9.17) is 0 Å². The van der Waals surface area contributed by atoms with Gasteiger partial charge >= 0.3 is 11.9 Å². The van der Waals surface area contributed by atoms with Crippen LogP contribution in [0.1, 0.15) is 22.3 Å². The van der Waals surface area contributed by atoms with Crippen LogP contribution >= 0.6 is 0 Å². The topological polar surface area (TPSA) is 116 Å². The zero-order valence-corrected chi connectivity index (χ0v) is 16.1. The fraction of sp³-hybridized carbons (Fsp3) is 0.261. The van der Waals surface area contributed by atoms with Gasteiger partial charge in [0.15, 0.2) is 0 Å². The van der Waals surface area contributed by atoms with Gasteiger partial charge in [0.2, 0.25) is 5.91 Å². The molecule has 0 spiro atoms. The zero-order chi connectivity index (χ0) is 21.3. The zero-order valence-electron chi connectivity index (χ0n) is 16.1. The number of carboxylic acid groups (broad SMARTS) is 2. The molecule has 2 aliphatic carbocycles. The highest BCUT2D eigenvalue weighted by Gasteiger charge is 2.51. The van der Waals surface area contributed by atoms with E-state index in [1.807, 2.05) is 42.5 Å². The van der Waals surface area contributed by atoms with Crippen LogP contribution in [-0.4, -0.2) is 28.1 Å². The summed E-state index contributed by atoms with van der Waals surface area (Å²) in [5.74, 6) is -4.16. The highest BCUT2D eigenvalue weighted by atomic mass is 16.4. The molecule has 4 N–H and O–H groups in total. The molecule has 1 fully saturated rings. The number of benzene rings is 2. The van der Waals surface area contributed by atoms with Crippen molar-refractivity contribution < 1.29 is 24.6 Å². The van der Waals surface area contributed by atoms with Gasteiger partial charge in [-0.3, -0.25) is 9.59 Å². The van der Waals surface area contributed by atoms with Gasteiger partial charge in [-0.15, -0.1) is 0 Å². The Labute approximate surface area is 173 Å². The molecule has 0 unspecified atom stereocenters. The van der Waals surface area contributed by atoms with Gasteiger partial charge in [-0.1, -0.05) is 42.5 Å². The van der Waals surface area contributed by atoms with E-state index in [0.29, 0.717) is 24.3 Å². The number of allylic oxidation sites excluding steroid dienone is 2. The number of hydrogen-bond donors (Lipinski definition) is 4. The third-order valence-corrected chi connectivity index (χ3v) is 5.90. The van der Waals surface area contributed by atoms with Crippen molar-refractivity contribution in [2.75, 3.05) is 10.6 Å². The molecule has 4 rings (SSSR count). The van der Waals surface area contributed by atoms with Gasteiger partial charge in [0, 0.05) is 6.54 Å². The molecule has 154 valence electrons. The van der Waals surface area contributed by atoms with Crippen LogP contribution in [0.3, 0.4) is 0 Å². The van der Waals surface area contributed by atoms with Crippen LogP contribution in [0.2, 0.25) is 0 Å². The van der Waals surface area contributed by atoms with Crippen molar-refractivity contribution in [1.29, 1.82) is 0 Å². The van der Waals surface area contributed by atoms with Gasteiger partial charge in [-0.2, -0.15) is 0 Å². The number of fused-ring (bicyclic) bond motifs is 2. The Morgan fingerprint density at radius 2 is 1.60 bits per heavy atom. The molecule has 30 heavy (non-hydrogen) atoms. The van der Waals surface area contributed by atoms with Crippen LogP contribution < -0.4 is 10.6 Å². The summed E-state index contributed by atoms with van der Waals surface area (Å²) in [6.45, 7) is 0.491. The first-order valence-electron chi connectivity index (χ1n) is 9.81. The second-order valence-electron chi connectivity index (χ2n) is 7.73. The summed E-state index contributed by atoms with van der Waals surface area (Å²) in [4.78, 5) is 36.2. The minimum Gasteiger partial charge on any atom is -0.481 e. The molecule has 2 aliphatic rings. The number of aliphatic carboxylic acids is 1. The fourth-order valence-corrected chi connectivity index (χ4v) is 4.46. The summed E-state index contributed by atoms with van der Waals surface area (Å²) in [5.41, 5.74) is 1.97. The summed E-state index contributed by atoms with van der Waals surface area (Å²) < 4.78 is 0. The molecule has 1 amide bonds. The summed E-state index contributed by atoms with van der Waals surface area (Å²) in [6.07, 6.45) is 4.45. The number of anilines is 2. The Kier molecular flexibility index (Phi) is 5.27. The SMILES string of the molecule is O=C(O)c1ccc(NCc2ccccc2)c(NC(=O)[C@H]2[C@H](C(=O)O)[C@H]3C=C[C@H]2C3)c1. The third-order valence-electron chi connectivity index (χ3n) is 5.90. The van der Waals surface area contributed by atoms with E-state index in [1.54, 1.807) is 6.07 Å². The Morgan fingerprint density at radius 1 is 0.900 bits per heavy atom. The number of carboxylic acids is 2. The maximum Gasteiger partial charge on any atom is 0.335 e. The maximum absolute atomic E-state index is 13.0. The van der Waals surface area contributed by atoms with Crippen LogP contribution in [0.15, 0.2) is 60.7 Å². The largest absolute Gasteiger partial charge is 0.481 e. The second-order valence-corrected chi connectivity index (χ2v) is 7.73. The molecular weight excluding hydrogens is 384 g/mol. The normalized spacial score (nSPS) is 23.9. The Balaban J connectivity index is 1.57. The molecule has 0 aliphatic heterocycles. The molecule has 2 aromatic rings. The van der Waals surface area contributed by atoms with Crippen LogP contribution in [-0.2, 0) is 16.1 Å². The van der Waals surface area contributed by atoms with E-state index >= 15 is 0 Å². The lowest BCUT2D eigenvalue weighted by Gasteiger charge is -2.24. The Hall–Kier alpha value is -3.61. The van der Waals surface area contributed by atoms with Crippen molar-refractivity contribution in [1.82, 2.24) is 0 Å². The van der Waals surface area contributed by atoms with Gasteiger partial charge in [0.05, 0.1) is 28.8 Å². The van der Waals surface area contributed by atoms with Crippen molar-refractivity contribution in [2.24, 2.45) is 23.7 Å². The van der Waals surface area contributed by atoms with Crippen molar-refractivity contribution in [3.05, 3.63) is 71.8 Å². The van der Waals surface area contributed by atoms with Crippen LogP contribution in [0, 0.1) is 23.7 Å². The average Bonchev–Trinajstić information content (AvgIpc) is 3.35. The third kappa shape index (κ3) is 3.78. The summed E-state index contributed by atoms with van der Waals surface area (Å²) in [6, 6.07) is 14.1. The number of amides is 1. The summed E-state index contributed by atoms with van der Waals surface area (Å²) in [7, 11) is 0. The van der Waals surface area contributed by atoms with Crippen molar-refractivity contribution in [2.45, 2.75) is 13.0 Å². The van der Waals surface area contributed by atoms with Gasteiger partial charge < -0.3 is 20.8 Å². The summed E-state index contributed by atoms with van der Waals surface area (Å²) in [5, 5.41) is 24.9. The number of carbonyl (C=O) groups excluding carboxylic acids is 1. The predicted octanol–water partition coefficient (Wildman–Crippen LogP) is 3.46. The first-order valence-corrected chi connectivity index (χ1v) is 9.81. The van der Waals surface area contributed by atoms with Crippen molar-refractivity contribution in [3.63, 3.8) is 0 Å². The van der Waals surface area contributed by atoms with Gasteiger partial charge in [-0.05, 0) is 42.0 Å². The van der Waals surface area contributed by atoms with Crippen LogP contribution in [0.5, 0.6) is 0 Å². The molecule has 0 saturated heterocycles. The quantitative estimate of drug-likeness (QED) is 0.524. The number of nitrogens with one attached hydrogen (secondary N) is 2. The minimum absolute atomic E-state index is 0.0400. The van der Waals surface area contributed by atoms with Crippen LogP contribution in [0.25, 0.3) is 0 Å². The smallest absolute Gasteiger partial charge is 0.335 e. The molecule has 7 heteroatoms. The molecule has 2 bridgehead atoms. The number of rotatable bonds is 7. The van der Waals surface area contributed by atoms with Gasteiger partial charge in [0.25, 0.3) is 0 Å². The lowest BCUT2D eigenvalue weighted by Crippen LogP contribution is -2.36. The lowest BCUT2D eigenvalue weighted by atomic mass is 9.82. The van der Waals surface area contributed by atoms with E-state index in [9.17, 15) is 24.6 Å². The van der Waals surface area contributed by atoms with Crippen molar-refractivity contribution >= 4 is 29.2 Å². The van der Waals surface area contributed by atoms with Crippen molar-refractivity contribution in [3.8, 4) is 0 Å². The number of aromatic carboxylic acids is 1. The van der Waals surface area contributed by atoms with E-state index < -0.39 is 29.7 Å². The van der Waals surface area contributed by atoms with E-state index in [0.717, 1.165) is 5.56 Å². The number of carbonyl (C=O) groups is 3. The van der Waals surface area contributed by atoms with E-state index in [1.165, 1.54) is 12.1 Å². The predicted molar refractivity (Wildman–Crippen MR) is 111 cm³/mol. The maximum atomic E-state index is 13.0. The molecule has 7 nitrogen and oxygen atoms in total. The monoisotopic (exact) mass is 406 g/mol. The molecule has 4 atom stereocenters. The van der Waals surface area contributed by atoms with Gasteiger partial charge in [-0.25, -0.2) is 4.79 Å². The lowest BCUT2D eigenvalue weighted by molar-refractivity contribution is -0.146. The molecule has 1 saturated carbocycles. The Morgan fingerprint density at radius 3 is 2.27 bits per heavy atom. The van der Waals surface area contributed by atoms with E-state index in [2.05, 4.69) is 10.6 Å². The first kappa shape index (κ1) is 19.7. The second kappa shape index (κ2) is 8.02.